The summed E-state index contributed by atoms with van der Waals surface area (Å²) >= 11 is 0. The molecule has 35 heavy (non-hydrogen) atoms. The maximum atomic E-state index is 16.3. The van der Waals surface area contributed by atoms with Crippen LogP contribution < -0.4 is 9.47 Å². The van der Waals surface area contributed by atoms with Gasteiger partial charge in [0.1, 0.15) is 5.67 Å². The van der Waals surface area contributed by atoms with Crippen LogP contribution >= 0.6 is 0 Å². The van der Waals surface area contributed by atoms with Crippen LogP contribution in [0, 0.1) is 5.92 Å². The average Bonchev–Trinajstić information content (AvgIpc) is 3.24. The van der Waals surface area contributed by atoms with Crippen molar-refractivity contribution in [2.45, 2.75) is 89.0 Å². The molecule has 2 saturated heterocycles. The van der Waals surface area contributed by atoms with Gasteiger partial charge in [-0.15, -0.1) is 0 Å². The van der Waals surface area contributed by atoms with Crippen molar-refractivity contribution in [2.24, 2.45) is 5.92 Å². The number of piperidine rings is 1. The lowest BCUT2D eigenvalue weighted by Gasteiger charge is -2.43. The first-order valence-corrected chi connectivity index (χ1v) is 12.9. The summed E-state index contributed by atoms with van der Waals surface area (Å²) in [7, 11) is 3.16. The van der Waals surface area contributed by atoms with E-state index in [-0.39, 0.29) is 29.2 Å². The van der Waals surface area contributed by atoms with Gasteiger partial charge in [-0.3, -0.25) is 9.69 Å². The SMILES string of the molecule is COc1cc2c(cc1OC)C(=O)C(CC1(F)CC3CCC(C1)N3Cc1ccc(C(C)(C)C)cc1)C2. The van der Waals surface area contributed by atoms with Crippen LogP contribution in [0.25, 0.3) is 0 Å². The summed E-state index contributed by atoms with van der Waals surface area (Å²) in [4.78, 5) is 15.7. The fourth-order valence-electron chi connectivity index (χ4n) is 6.63. The second kappa shape index (κ2) is 8.92. The zero-order valence-electron chi connectivity index (χ0n) is 21.7. The lowest BCUT2D eigenvalue weighted by molar-refractivity contribution is -0.00653. The zero-order valence-corrected chi connectivity index (χ0v) is 21.7. The first kappa shape index (κ1) is 24.3. The summed E-state index contributed by atoms with van der Waals surface area (Å²) < 4.78 is 27.1. The molecule has 188 valence electrons. The summed E-state index contributed by atoms with van der Waals surface area (Å²) in [5, 5.41) is 0. The number of Topliss-reactive ketones (excluding diaryl/α,β-unsaturated/α-hetero) is 1. The molecule has 5 heteroatoms. The monoisotopic (exact) mass is 479 g/mol. The van der Waals surface area contributed by atoms with Gasteiger partial charge in [-0.2, -0.15) is 0 Å². The first-order valence-electron chi connectivity index (χ1n) is 12.9. The van der Waals surface area contributed by atoms with Crippen molar-refractivity contribution >= 4 is 5.78 Å². The highest BCUT2D eigenvalue weighted by molar-refractivity contribution is 6.03. The van der Waals surface area contributed by atoms with Gasteiger partial charge < -0.3 is 9.47 Å². The molecule has 3 unspecified atom stereocenters. The van der Waals surface area contributed by atoms with Gasteiger partial charge in [0.25, 0.3) is 0 Å². The first-order chi connectivity index (χ1) is 16.6. The van der Waals surface area contributed by atoms with Crippen LogP contribution in [0.2, 0.25) is 0 Å². The molecule has 2 bridgehead atoms. The van der Waals surface area contributed by atoms with Crippen LogP contribution in [-0.2, 0) is 18.4 Å². The number of carbonyl (C=O) groups excluding carboxylic acids is 1. The van der Waals surface area contributed by atoms with Crippen molar-refractivity contribution in [1.29, 1.82) is 0 Å². The van der Waals surface area contributed by atoms with E-state index in [2.05, 4.69) is 49.9 Å². The molecule has 3 aliphatic rings. The summed E-state index contributed by atoms with van der Waals surface area (Å²) in [6.07, 6.45) is 4.03. The number of methoxy groups -OCH3 is 2. The maximum absolute atomic E-state index is 16.3. The lowest BCUT2D eigenvalue weighted by atomic mass is 9.79. The number of hydrogen-bond donors (Lipinski definition) is 0. The average molecular weight is 480 g/mol. The molecule has 0 N–H and O–H groups in total. The predicted octanol–water partition coefficient (Wildman–Crippen LogP) is 6.28. The molecule has 1 aliphatic carbocycles. The van der Waals surface area contributed by atoms with Crippen LogP contribution in [0.3, 0.4) is 0 Å². The predicted molar refractivity (Wildman–Crippen MR) is 136 cm³/mol. The van der Waals surface area contributed by atoms with Gasteiger partial charge in [0.05, 0.1) is 14.2 Å². The molecule has 3 atom stereocenters. The number of hydrogen-bond acceptors (Lipinski definition) is 4. The Morgan fingerprint density at radius 2 is 1.60 bits per heavy atom. The van der Waals surface area contributed by atoms with E-state index in [1.54, 1.807) is 20.3 Å². The van der Waals surface area contributed by atoms with E-state index in [0.717, 1.165) is 24.9 Å². The highest BCUT2D eigenvalue weighted by Gasteiger charge is 2.50. The third-order valence-corrected chi connectivity index (χ3v) is 8.48. The molecule has 2 fully saturated rings. The summed E-state index contributed by atoms with van der Waals surface area (Å²) in [5.41, 5.74) is 3.10. The number of nitrogens with zero attached hydrogens (tertiary/aromatic N) is 1. The Bertz CT molecular complexity index is 1090. The minimum atomic E-state index is -1.28. The van der Waals surface area contributed by atoms with Crippen LogP contribution in [0.15, 0.2) is 36.4 Å². The topological polar surface area (TPSA) is 38.8 Å². The van der Waals surface area contributed by atoms with E-state index in [1.165, 1.54) is 11.1 Å². The number of rotatable bonds is 6. The van der Waals surface area contributed by atoms with E-state index in [1.807, 2.05) is 6.07 Å². The number of halogens is 1. The smallest absolute Gasteiger partial charge is 0.166 e. The summed E-state index contributed by atoms with van der Waals surface area (Å²) in [5.74, 6) is 0.919. The van der Waals surface area contributed by atoms with Gasteiger partial charge in [0.15, 0.2) is 17.3 Å². The second-order valence-corrected chi connectivity index (χ2v) is 11.9. The van der Waals surface area contributed by atoms with Gasteiger partial charge >= 0.3 is 0 Å². The molecule has 2 aliphatic heterocycles. The van der Waals surface area contributed by atoms with Crippen LogP contribution in [0.1, 0.15) is 79.9 Å². The molecule has 0 radical (unpaired) electrons. The summed E-state index contributed by atoms with van der Waals surface area (Å²) in [6.45, 7) is 7.57. The zero-order chi connectivity index (χ0) is 25.0. The molecule has 0 amide bonds. The van der Waals surface area contributed by atoms with Gasteiger partial charge in [-0.1, -0.05) is 45.0 Å². The third-order valence-electron chi connectivity index (χ3n) is 8.48. The van der Waals surface area contributed by atoms with E-state index in [9.17, 15) is 4.79 Å². The van der Waals surface area contributed by atoms with Crippen molar-refractivity contribution in [3.8, 4) is 11.5 Å². The van der Waals surface area contributed by atoms with Crippen molar-refractivity contribution in [3.05, 3.63) is 58.7 Å². The number of ether oxygens (including phenoxy) is 2. The van der Waals surface area contributed by atoms with Gasteiger partial charge in [0.2, 0.25) is 0 Å². The second-order valence-electron chi connectivity index (χ2n) is 11.9. The highest BCUT2D eigenvalue weighted by atomic mass is 19.1. The minimum Gasteiger partial charge on any atom is -0.493 e. The van der Waals surface area contributed by atoms with E-state index in [0.29, 0.717) is 42.7 Å². The van der Waals surface area contributed by atoms with Crippen LogP contribution in [0.4, 0.5) is 4.39 Å². The third kappa shape index (κ3) is 4.60. The summed E-state index contributed by atoms with van der Waals surface area (Å²) in [6, 6.07) is 13.1. The molecular weight excluding hydrogens is 441 g/mol. The number of ketones is 1. The normalized spacial score (nSPS) is 28.3. The minimum absolute atomic E-state index is 0.0479. The van der Waals surface area contributed by atoms with E-state index < -0.39 is 5.67 Å². The Balaban J connectivity index is 1.26. The Kier molecular flexibility index (Phi) is 6.19. The quantitative estimate of drug-likeness (QED) is 0.489. The standard InChI is InChI=1S/C30H38FNO3/c1-29(2,3)22-8-6-19(7-9-22)18-32-23-10-11-24(32)17-30(31,16-23)15-21-12-20-13-26(34-4)27(35-5)14-25(20)28(21)33/h6-9,13-14,21,23-24H,10-12,15-18H2,1-5H3. The van der Waals surface area contributed by atoms with E-state index >= 15 is 4.39 Å². The molecule has 2 heterocycles. The molecule has 2 aromatic carbocycles. The number of fused-ring (bicyclic) bond motifs is 3. The lowest BCUT2D eigenvalue weighted by Crippen LogP contribution is -2.49. The molecule has 4 nitrogen and oxygen atoms in total. The molecule has 0 spiro atoms. The molecule has 0 saturated carbocycles. The Labute approximate surface area is 208 Å². The van der Waals surface area contributed by atoms with Crippen molar-refractivity contribution in [1.82, 2.24) is 4.90 Å². The van der Waals surface area contributed by atoms with Crippen molar-refractivity contribution < 1.29 is 18.7 Å². The fraction of sp³-hybridized carbons (Fsp3) is 0.567. The van der Waals surface area contributed by atoms with Gasteiger partial charge in [0, 0.05) is 30.1 Å². The molecular formula is C30H38FNO3. The van der Waals surface area contributed by atoms with Gasteiger partial charge in [-0.25, -0.2) is 4.39 Å². The van der Waals surface area contributed by atoms with Crippen LogP contribution in [-0.4, -0.2) is 42.7 Å². The Hall–Kier alpha value is -2.40. The van der Waals surface area contributed by atoms with Gasteiger partial charge in [-0.05, 0) is 72.8 Å². The van der Waals surface area contributed by atoms with Crippen LogP contribution in [0.5, 0.6) is 11.5 Å². The Morgan fingerprint density at radius 1 is 1.00 bits per heavy atom. The highest BCUT2D eigenvalue weighted by Crippen LogP contribution is 2.48. The number of benzene rings is 2. The largest absolute Gasteiger partial charge is 0.493 e. The van der Waals surface area contributed by atoms with Crippen molar-refractivity contribution in [2.75, 3.05) is 14.2 Å². The molecule has 5 rings (SSSR count). The molecule has 2 aromatic rings. The number of carbonyl (C=O) groups is 1. The maximum Gasteiger partial charge on any atom is 0.166 e. The van der Waals surface area contributed by atoms with Crippen molar-refractivity contribution in [3.63, 3.8) is 0 Å². The number of alkyl halides is 1. The Morgan fingerprint density at radius 3 is 2.17 bits per heavy atom. The fourth-order valence-corrected chi connectivity index (χ4v) is 6.63. The molecule has 0 aromatic heterocycles. The van der Waals surface area contributed by atoms with E-state index in [4.69, 9.17) is 9.47 Å².